The lowest BCUT2D eigenvalue weighted by atomic mass is 10.1. The van der Waals surface area contributed by atoms with E-state index in [1.165, 1.54) is 19.1 Å². The maximum absolute atomic E-state index is 13.9. The second-order valence-corrected chi connectivity index (χ2v) is 4.96. The third-order valence-electron chi connectivity index (χ3n) is 3.27. The summed E-state index contributed by atoms with van der Waals surface area (Å²) in [6.45, 7) is 6.47. The molecule has 0 aliphatic heterocycles. The molecule has 0 fully saturated rings. The number of nitrogens with one attached hydrogen (secondary N) is 1. The molecule has 108 valence electrons. The number of rotatable bonds is 5. The Kier molecular flexibility index (Phi) is 4.55. The molecule has 1 aromatic heterocycles. The van der Waals surface area contributed by atoms with Gasteiger partial charge in [0.05, 0.1) is 11.6 Å². The van der Waals surface area contributed by atoms with Gasteiger partial charge in [0.1, 0.15) is 23.2 Å². The zero-order valence-electron chi connectivity index (χ0n) is 12.0. The van der Waals surface area contributed by atoms with Crippen molar-refractivity contribution in [3.63, 3.8) is 0 Å². The largest absolute Gasteiger partial charge is 0.459 e. The normalized spacial score (nSPS) is 12.7. The van der Waals surface area contributed by atoms with Gasteiger partial charge in [0.2, 0.25) is 0 Å². The first-order valence-electron chi connectivity index (χ1n) is 6.82. The Bertz CT molecular complexity index is 592. The van der Waals surface area contributed by atoms with Crippen molar-refractivity contribution in [2.24, 2.45) is 0 Å². The fraction of sp³-hybridized carbons (Fsp3) is 0.375. The van der Waals surface area contributed by atoms with Crippen molar-refractivity contribution < 1.29 is 13.2 Å². The van der Waals surface area contributed by atoms with Crippen LogP contribution in [0.5, 0.6) is 0 Å². The molecule has 0 aliphatic rings. The first-order valence-corrected chi connectivity index (χ1v) is 6.82. The van der Waals surface area contributed by atoms with Crippen LogP contribution in [0.25, 0.3) is 11.3 Å². The van der Waals surface area contributed by atoms with Crippen LogP contribution in [-0.4, -0.2) is 6.54 Å². The highest BCUT2D eigenvalue weighted by Crippen LogP contribution is 2.29. The van der Waals surface area contributed by atoms with Crippen LogP contribution in [0.15, 0.2) is 28.7 Å². The van der Waals surface area contributed by atoms with E-state index in [-0.39, 0.29) is 17.2 Å². The summed E-state index contributed by atoms with van der Waals surface area (Å²) in [5.41, 5.74) is 0.443. The van der Waals surface area contributed by atoms with E-state index < -0.39 is 11.6 Å². The van der Waals surface area contributed by atoms with E-state index in [2.05, 4.69) is 12.2 Å². The molecule has 4 heteroatoms. The molecule has 1 N–H and O–H groups in total. The Hall–Kier alpha value is -1.68. The van der Waals surface area contributed by atoms with Crippen molar-refractivity contribution in [3.05, 3.63) is 47.2 Å². The molecule has 0 amide bonds. The van der Waals surface area contributed by atoms with Crippen molar-refractivity contribution in [3.8, 4) is 11.3 Å². The van der Waals surface area contributed by atoms with Crippen molar-refractivity contribution in [1.29, 1.82) is 0 Å². The van der Waals surface area contributed by atoms with Gasteiger partial charge in [0.15, 0.2) is 0 Å². The number of hydrogen-bond acceptors (Lipinski definition) is 2. The van der Waals surface area contributed by atoms with Gasteiger partial charge in [-0.2, -0.15) is 0 Å². The summed E-state index contributed by atoms with van der Waals surface area (Å²) >= 11 is 0. The van der Waals surface area contributed by atoms with Crippen LogP contribution < -0.4 is 5.32 Å². The lowest BCUT2D eigenvalue weighted by molar-refractivity contribution is 0.437. The molecule has 0 saturated heterocycles. The van der Waals surface area contributed by atoms with Crippen LogP contribution in [0.2, 0.25) is 0 Å². The molecular formula is C16H19F2NO. The topological polar surface area (TPSA) is 25.2 Å². The van der Waals surface area contributed by atoms with Crippen molar-refractivity contribution in [2.75, 3.05) is 6.54 Å². The lowest BCUT2D eigenvalue weighted by Gasteiger charge is -2.10. The van der Waals surface area contributed by atoms with Gasteiger partial charge in [-0.25, -0.2) is 8.78 Å². The summed E-state index contributed by atoms with van der Waals surface area (Å²) in [6, 6.07) is 5.87. The quantitative estimate of drug-likeness (QED) is 0.865. The van der Waals surface area contributed by atoms with E-state index in [9.17, 15) is 8.78 Å². The third kappa shape index (κ3) is 3.07. The van der Waals surface area contributed by atoms with Crippen LogP contribution in [0, 0.1) is 18.6 Å². The van der Waals surface area contributed by atoms with E-state index in [4.69, 9.17) is 4.42 Å². The molecule has 2 rings (SSSR count). The van der Waals surface area contributed by atoms with E-state index in [1.807, 2.05) is 6.92 Å². The minimum absolute atomic E-state index is 0.0436. The summed E-state index contributed by atoms with van der Waals surface area (Å²) in [5.74, 6) is 0.158. The number of furan rings is 1. The standard InChI is InChI=1S/C16H19F2NO/c1-4-7-19-11(3)15-5-6-16(20-15)12-9-13(17)10(2)8-14(12)18/h5-6,8-9,11,19H,4,7H2,1-3H3. The zero-order valence-corrected chi connectivity index (χ0v) is 12.0. The van der Waals surface area contributed by atoms with Crippen LogP contribution in [-0.2, 0) is 0 Å². The fourth-order valence-corrected chi connectivity index (χ4v) is 2.03. The molecule has 2 nitrogen and oxygen atoms in total. The Morgan fingerprint density at radius 1 is 1.20 bits per heavy atom. The Morgan fingerprint density at radius 3 is 2.65 bits per heavy atom. The van der Waals surface area contributed by atoms with Gasteiger partial charge in [-0.1, -0.05) is 6.92 Å². The van der Waals surface area contributed by atoms with Crippen molar-refractivity contribution in [2.45, 2.75) is 33.2 Å². The monoisotopic (exact) mass is 279 g/mol. The van der Waals surface area contributed by atoms with Gasteiger partial charge >= 0.3 is 0 Å². The van der Waals surface area contributed by atoms with Gasteiger partial charge in [-0.15, -0.1) is 0 Å². The zero-order chi connectivity index (χ0) is 14.7. The summed E-state index contributed by atoms with van der Waals surface area (Å²) in [7, 11) is 0. The first-order chi connectivity index (χ1) is 9.52. The minimum Gasteiger partial charge on any atom is -0.459 e. The molecule has 1 aromatic carbocycles. The Morgan fingerprint density at radius 2 is 1.95 bits per heavy atom. The van der Waals surface area contributed by atoms with Crippen molar-refractivity contribution in [1.82, 2.24) is 5.32 Å². The molecule has 0 spiro atoms. The smallest absolute Gasteiger partial charge is 0.137 e. The number of benzene rings is 1. The van der Waals surface area contributed by atoms with Gasteiger partial charge in [0.25, 0.3) is 0 Å². The highest BCUT2D eigenvalue weighted by molar-refractivity contribution is 5.59. The second-order valence-electron chi connectivity index (χ2n) is 4.96. The Balaban J connectivity index is 2.27. The van der Waals surface area contributed by atoms with Crippen molar-refractivity contribution >= 4 is 0 Å². The average molecular weight is 279 g/mol. The Labute approximate surface area is 117 Å². The van der Waals surface area contributed by atoms with Crippen LogP contribution in [0.3, 0.4) is 0 Å². The molecular weight excluding hydrogens is 260 g/mol. The predicted molar refractivity (Wildman–Crippen MR) is 75.5 cm³/mol. The van der Waals surface area contributed by atoms with Gasteiger partial charge < -0.3 is 9.73 Å². The van der Waals surface area contributed by atoms with E-state index in [0.29, 0.717) is 11.5 Å². The summed E-state index contributed by atoms with van der Waals surface area (Å²) < 4.78 is 33.1. The van der Waals surface area contributed by atoms with Gasteiger partial charge in [-0.3, -0.25) is 0 Å². The highest BCUT2D eigenvalue weighted by Gasteiger charge is 2.15. The van der Waals surface area contributed by atoms with Gasteiger partial charge in [-0.05, 0) is 56.6 Å². The van der Waals surface area contributed by atoms with Crippen LogP contribution in [0.1, 0.15) is 37.6 Å². The molecule has 0 radical (unpaired) electrons. The van der Waals surface area contributed by atoms with E-state index >= 15 is 0 Å². The lowest BCUT2D eigenvalue weighted by Crippen LogP contribution is -2.18. The number of halogens is 2. The number of aryl methyl sites for hydroxylation is 1. The third-order valence-corrected chi connectivity index (χ3v) is 3.27. The fourth-order valence-electron chi connectivity index (χ4n) is 2.03. The summed E-state index contributed by atoms with van der Waals surface area (Å²) in [6.07, 6.45) is 1.02. The molecule has 0 bridgehead atoms. The van der Waals surface area contributed by atoms with Crippen LogP contribution >= 0.6 is 0 Å². The average Bonchev–Trinajstić information content (AvgIpc) is 2.89. The summed E-state index contributed by atoms with van der Waals surface area (Å²) in [5, 5.41) is 3.29. The molecule has 1 heterocycles. The molecule has 0 saturated carbocycles. The molecule has 1 atom stereocenters. The highest BCUT2D eigenvalue weighted by atomic mass is 19.1. The summed E-state index contributed by atoms with van der Waals surface area (Å²) in [4.78, 5) is 0. The van der Waals surface area contributed by atoms with E-state index in [0.717, 1.165) is 13.0 Å². The van der Waals surface area contributed by atoms with Crippen LogP contribution in [0.4, 0.5) is 8.78 Å². The first kappa shape index (κ1) is 14.7. The molecule has 1 unspecified atom stereocenters. The SMILES string of the molecule is CCCNC(C)c1ccc(-c2cc(F)c(C)cc2F)o1. The maximum atomic E-state index is 13.9. The molecule has 20 heavy (non-hydrogen) atoms. The predicted octanol–water partition coefficient (Wildman–Crippen LogP) is 4.59. The van der Waals surface area contributed by atoms with Gasteiger partial charge in [0, 0.05) is 0 Å². The van der Waals surface area contributed by atoms with E-state index in [1.54, 1.807) is 12.1 Å². The molecule has 2 aromatic rings. The molecule has 0 aliphatic carbocycles. The second kappa shape index (κ2) is 6.18. The minimum atomic E-state index is -0.473. The maximum Gasteiger partial charge on any atom is 0.137 e. The number of hydrogen-bond donors (Lipinski definition) is 1.